The van der Waals surface area contributed by atoms with E-state index in [9.17, 15) is 26.3 Å². The lowest BCUT2D eigenvalue weighted by Gasteiger charge is -2.09. The van der Waals surface area contributed by atoms with Gasteiger partial charge in [-0.2, -0.15) is 23.0 Å². The second kappa shape index (κ2) is 4.01. The van der Waals surface area contributed by atoms with Crippen LogP contribution in [0.25, 0.3) is 10.6 Å². The summed E-state index contributed by atoms with van der Waals surface area (Å²) in [4.78, 5) is 0.0651. The summed E-state index contributed by atoms with van der Waals surface area (Å²) in [6.45, 7) is 0. The van der Waals surface area contributed by atoms with E-state index in [0.717, 1.165) is 11.3 Å². The van der Waals surface area contributed by atoms with E-state index in [2.05, 4.69) is 5.10 Å². The lowest BCUT2D eigenvalue weighted by molar-refractivity contribution is -0.212. The first-order valence-electron chi connectivity index (χ1n) is 4.48. The average Bonchev–Trinajstić information content (AvgIpc) is 2.84. The molecule has 0 aliphatic carbocycles. The molecule has 0 radical (unpaired) electrons. The summed E-state index contributed by atoms with van der Waals surface area (Å²) in [5.74, 6) is 0. The molecule has 0 aromatic carbocycles. The average molecular weight is 286 g/mol. The minimum Gasteiger partial charge on any atom is -0.170 e. The molecular weight excluding hydrogens is 282 g/mol. The third-order valence-corrected chi connectivity index (χ3v) is 2.91. The van der Waals surface area contributed by atoms with Crippen LogP contribution in [0, 0.1) is 0 Å². The molecule has 0 bridgehead atoms. The molecule has 2 aromatic rings. The van der Waals surface area contributed by atoms with Crippen molar-refractivity contribution < 1.29 is 26.3 Å². The van der Waals surface area contributed by atoms with E-state index >= 15 is 0 Å². The van der Waals surface area contributed by atoms with Gasteiger partial charge in [-0.1, -0.05) is 6.07 Å². The maximum Gasteiger partial charge on any atom is 0.505 e. The molecule has 0 fully saturated rings. The lowest BCUT2D eigenvalue weighted by atomic mass is 10.3. The predicted octanol–water partition coefficient (Wildman–Crippen LogP) is 4.11. The zero-order valence-corrected chi connectivity index (χ0v) is 9.20. The number of nitrogens with zero attached hydrogens (tertiary/aromatic N) is 2. The van der Waals surface area contributed by atoms with Gasteiger partial charge in [0, 0.05) is 0 Å². The molecule has 2 heterocycles. The van der Waals surface area contributed by atoms with Crippen molar-refractivity contribution in [2.45, 2.75) is 12.5 Å². The number of thiophene rings is 1. The van der Waals surface area contributed by atoms with Gasteiger partial charge in [0.05, 0.1) is 10.6 Å². The maximum atomic E-state index is 12.6. The summed E-state index contributed by atoms with van der Waals surface area (Å²) in [7, 11) is 0. The van der Waals surface area contributed by atoms with Crippen molar-refractivity contribution in [2.24, 2.45) is 0 Å². The van der Waals surface area contributed by atoms with Crippen LogP contribution >= 0.6 is 11.3 Å². The fourth-order valence-electron chi connectivity index (χ4n) is 1.31. The molecule has 0 amide bonds. The second-order valence-electron chi connectivity index (χ2n) is 3.27. The Bertz CT molecular complexity index is 536. The monoisotopic (exact) mass is 286 g/mol. The first kappa shape index (κ1) is 12.9. The highest BCUT2D eigenvalue weighted by Gasteiger charge is 2.41. The van der Waals surface area contributed by atoms with Crippen LogP contribution in [0.2, 0.25) is 0 Å². The Morgan fingerprint density at radius 3 is 2.22 bits per heavy atom. The Hall–Kier alpha value is -1.51. The molecule has 0 saturated heterocycles. The number of aromatic nitrogens is 2. The number of alkyl halides is 6. The Morgan fingerprint density at radius 1 is 1.11 bits per heavy atom. The Balaban J connectivity index is 2.61. The highest BCUT2D eigenvalue weighted by atomic mass is 32.1. The molecule has 0 aliphatic rings. The van der Waals surface area contributed by atoms with Crippen LogP contribution in [0.1, 0.15) is 5.69 Å². The van der Waals surface area contributed by atoms with E-state index in [0.29, 0.717) is 6.07 Å². The highest BCUT2D eigenvalue weighted by Crippen LogP contribution is 2.37. The SMILES string of the molecule is FC(F)(F)c1cc(-c2cccs2)n(C(F)(F)F)n1. The zero-order valence-electron chi connectivity index (χ0n) is 8.38. The molecule has 9 heteroatoms. The fourth-order valence-corrected chi connectivity index (χ4v) is 2.04. The quantitative estimate of drug-likeness (QED) is 0.721. The molecule has 0 N–H and O–H groups in total. The lowest BCUT2D eigenvalue weighted by Crippen LogP contribution is -2.20. The van der Waals surface area contributed by atoms with Gasteiger partial charge in [-0.05, 0) is 17.5 Å². The Labute approximate surface area is 100 Å². The van der Waals surface area contributed by atoms with E-state index in [1.165, 1.54) is 17.5 Å². The van der Waals surface area contributed by atoms with Gasteiger partial charge < -0.3 is 0 Å². The summed E-state index contributed by atoms with van der Waals surface area (Å²) in [6, 6.07) is 3.13. The first-order valence-corrected chi connectivity index (χ1v) is 5.36. The fraction of sp³-hybridized carbons (Fsp3) is 0.222. The van der Waals surface area contributed by atoms with E-state index in [4.69, 9.17) is 0 Å². The second-order valence-corrected chi connectivity index (χ2v) is 4.22. The molecular formula is C9H4F6N2S. The topological polar surface area (TPSA) is 17.8 Å². The number of halogens is 6. The summed E-state index contributed by atoms with van der Waals surface area (Å²) in [5, 5.41) is 4.05. The van der Waals surface area contributed by atoms with Crippen molar-refractivity contribution in [1.29, 1.82) is 0 Å². The first-order chi connectivity index (χ1) is 8.19. The van der Waals surface area contributed by atoms with Gasteiger partial charge in [-0.15, -0.1) is 24.5 Å². The normalized spacial score (nSPS) is 13.0. The molecule has 2 nitrogen and oxygen atoms in total. The van der Waals surface area contributed by atoms with Gasteiger partial charge in [0.1, 0.15) is 0 Å². The third kappa shape index (κ3) is 2.35. The predicted molar refractivity (Wildman–Crippen MR) is 51.8 cm³/mol. The molecule has 0 atom stereocenters. The van der Waals surface area contributed by atoms with Crippen LogP contribution in [0.4, 0.5) is 26.3 Å². The third-order valence-electron chi connectivity index (χ3n) is 2.01. The number of rotatable bonds is 1. The van der Waals surface area contributed by atoms with Crippen molar-refractivity contribution in [2.75, 3.05) is 0 Å². The van der Waals surface area contributed by atoms with Gasteiger partial charge >= 0.3 is 12.5 Å². The summed E-state index contributed by atoms with van der Waals surface area (Å²) in [6.07, 6.45) is -9.91. The van der Waals surface area contributed by atoms with E-state index < -0.39 is 28.5 Å². The molecule has 18 heavy (non-hydrogen) atoms. The smallest absolute Gasteiger partial charge is 0.170 e. The van der Waals surface area contributed by atoms with Gasteiger partial charge in [0.15, 0.2) is 5.69 Å². The summed E-state index contributed by atoms with van der Waals surface area (Å²) < 4.78 is 74.3. The molecule has 0 aliphatic heterocycles. The van der Waals surface area contributed by atoms with Crippen LogP contribution < -0.4 is 0 Å². The zero-order chi connectivity index (χ0) is 13.6. The highest BCUT2D eigenvalue weighted by molar-refractivity contribution is 7.13. The van der Waals surface area contributed by atoms with Crippen molar-refractivity contribution in [3.05, 3.63) is 29.3 Å². The van der Waals surface area contributed by atoms with Crippen LogP contribution in [-0.4, -0.2) is 9.78 Å². The van der Waals surface area contributed by atoms with Gasteiger partial charge in [0.25, 0.3) is 0 Å². The minimum atomic E-state index is -5.00. The van der Waals surface area contributed by atoms with Crippen LogP contribution in [-0.2, 0) is 12.5 Å². The van der Waals surface area contributed by atoms with E-state index in [-0.39, 0.29) is 4.88 Å². The van der Waals surface area contributed by atoms with Gasteiger partial charge in [-0.3, -0.25) is 0 Å². The van der Waals surface area contributed by atoms with Crippen molar-refractivity contribution in [3.63, 3.8) is 0 Å². The van der Waals surface area contributed by atoms with Crippen molar-refractivity contribution in [1.82, 2.24) is 9.78 Å². The Kier molecular flexibility index (Phi) is 2.88. The van der Waals surface area contributed by atoms with Crippen molar-refractivity contribution >= 4 is 11.3 Å². The van der Waals surface area contributed by atoms with E-state index in [1.807, 2.05) is 0 Å². The maximum absolute atomic E-state index is 12.6. The van der Waals surface area contributed by atoms with Crippen LogP contribution in [0.5, 0.6) is 0 Å². The summed E-state index contributed by atoms with van der Waals surface area (Å²) in [5.41, 5.74) is -2.19. The van der Waals surface area contributed by atoms with Crippen LogP contribution in [0.3, 0.4) is 0 Å². The van der Waals surface area contributed by atoms with Gasteiger partial charge in [-0.25, -0.2) is 0 Å². The summed E-state index contributed by atoms with van der Waals surface area (Å²) >= 11 is 0.902. The molecule has 0 saturated carbocycles. The van der Waals surface area contributed by atoms with Crippen LogP contribution in [0.15, 0.2) is 23.6 Å². The molecule has 2 rings (SSSR count). The van der Waals surface area contributed by atoms with E-state index in [1.54, 1.807) is 0 Å². The standard InChI is InChI=1S/C9H4F6N2S/c10-8(11,12)7-4-5(6-2-1-3-18-6)17(16-7)9(13,14)15/h1-4H. The molecule has 98 valence electrons. The van der Waals surface area contributed by atoms with Crippen molar-refractivity contribution in [3.8, 4) is 10.6 Å². The molecule has 0 spiro atoms. The Morgan fingerprint density at radius 2 is 1.78 bits per heavy atom. The minimum absolute atomic E-state index is 0.0651. The van der Waals surface area contributed by atoms with Gasteiger partial charge in [0.2, 0.25) is 0 Å². The molecule has 0 unspecified atom stereocenters. The number of hydrogen-bond donors (Lipinski definition) is 0. The molecule has 2 aromatic heterocycles. The number of hydrogen-bond acceptors (Lipinski definition) is 2. The largest absolute Gasteiger partial charge is 0.505 e.